The largest absolute Gasteiger partial charge is 0.344 e. The van der Waals surface area contributed by atoms with Crippen LogP contribution in [0.1, 0.15) is 70.0 Å². The van der Waals surface area contributed by atoms with Crippen LogP contribution < -0.4 is 5.32 Å². The second-order valence-corrected chi connectivity index (χ2v) is 11.1. The standard InChI is InChI=1S/C22H31N3O4S/c1-14(2)16-5-7-17(8-6-16)21(15(3)4)23-22(27)19-9-10-20(26)25(24-19)18-11-12-30(28,29)13-18/h5-8,14-15,18,21H,9-13H2,1-4H3,(H,23,27). The summed E-state index contributed by atoms with van der Waals surface area (Å²) in [6, 6.07) is 7.60. The molecule has 2 unspecified atom stereocenters. The molecule has 0 saturated carbocycles. The third-order valence-electron chi connectivity index (χ3n) is 5.79. The molecule has 2 aliphatic heterocycles. The third kappa shape index (κ3) is 5.09. The lowest BCUT2D eigenvalue weighted by molar-refractivity contribution is -0.133. The number of hydrogen-bond donors (Lipinski definition) is 1. The van der Waals surface area contributed by atoms with Crippen molar-refractivity contribution < 1.29 is 18.0 Å². The maximum atomic E-state index is 13.0. The first-order valence-electron chi connectivity index (χ1n) is 10.6. The average molecular weight is 434 g/mol. The van der Waals surface area contributed by atoms with Crippen molar-refractivity contribution >= 4 is 27.4 Å². The van der Waals surface area contributed by atoms with Crippen molar-refractivity contribution in [1.82, 2.24) is 10.3 Å². The van der Waals surface area contributed by atoms with E-state index in [4.69, 9.17) is 0 Å². The molecule has 0 bridgehead atoms. The molecular weight excluding hydrogens is 402 g/mol. The number of benzene rings is 1. The second kappa shape index (κ2) is 8.88. The van der Waals surface area contributed by atoms with E-state index in [1.54, 1.807) is 0 Å². The van der Waals surface area contributed by atoms with E-state index in [1.165, 1.54) is 10.6 Å². The summed E-state index contributed by atoms with van der Waals surface area (Å²) in [6.45, 7) is 8.37. The van der Waals surface area contributed by atoms with Crippen molar-refractivity contribution in [3.05, 3.63) is 35.4 Å². The maximum Gasteiger partial charge on any atom is 0.267 e. The zero-order valence-electron chi connectivity index (χ0n) is 18.1. The number of nitrogens with zero attached hydrogens (tertiary/aromatic N) is 2. The van der Waals surface area contributed by atoms with Crippen LogP contribution in [0, 0.1) is 5.92 Å². The molecule has 0 aliphatic carbocycles. The predicted octanol–water partition coefficient (Wildman–Crippen LogP) is 2.79. The minimum Gasteiger partial charge on any atom is -0.344 e. The lowest BCUT2D eigenvalue weighted by Gasteiger charge is -2.29. The monoisotopic (exact) mass is 433 g/mol. The molecule has 8 heteroatoms. The summed E-state index contributed by atoms with van der Waals surface area (Å²) in [5.74, 6) is 0.0403. The van der Waals surface area contributed by atoms with Crippen molar-refractivity contribution in [3.8, 4) is 0 Å². The summed E-state index contributed by atoms with van der Waals surface area (Å²) >= 11 is 0. The Kier molecular flexibility index (Phi) is 6.65. The van der Waals surface area contributed by atoms with E-state index < -0.39 is 15.9 Å². The number of nitrogens with one attached hydrogen (secondary N) is 1. The fourth-order valence-corrected chi connectivity index (χ4v) is 5.63. The zero-order valence-corrected chi connectivity index (χ0v) is 18.9. The van der Waals surface area contributed by atoms with Crippen molar-refractivity contribution in [2.45, 2.75) is 65.0 Å². The summed E-state index contributed by atoms with van der Waals surface area (Å²) < 4.78 is 23.6. The summed E-state index contributed by atoms with van der Waals surface area (Å²) in [6.07, 6.45) is 0.791. The Bertz CT molecular complexity index is 936. The zero-order chi connectivity index (χ0) is 22.1. The second-order valence-electron chi connectivity index (χ2n) is 8.86. The molecule has 2 heterocycles. The predicted molar refractivity (Wildman–Crippen MR) is 117 cm³/mol. The minimum absolute atomic E-state index is 0.0558. The first kappa shape index (κ1) is 22.5. The van der Waals surface area contributed by atoms with Crippen LogP contribution in [-0.4, -0.2) is 48.5 Å². The molecule has 0 aromatic heterocycles. The van der Waals surface area contributed by atoms with E-state index >= 15 is 0 Å². The molecule has 1 N–H and O–H groups in total. The molecule has 164 valence electrons. The van der Waals surface area contributed by atoms with E-state index in [1.807, 2.05) is 26.0 Å². The van der Waals surface area contributed by atoms with Crippen molar-refractivity contribution in [2.75, 3.05) is 11.5 Å². The van der Waals surface area contributed by atoms with Gasteiger partial charge in [0.05, 0.1) is 23.6 Å². The number of rotatable bonds is 6. The Morgan fingerprint density at radius 3 is 2.27 bits per heavy atom. The summed E-state index contributed by atoms with van der Waals surface area (Å²) in [5.41, 5.74) is 2.54. The normalized spacial score (nSPS) is 22.3. The smallest absolute Gasteiger partial charge is 0.267 e. The molecular formula is C22H31N3O4S. The van der Waals surface area contributed by atoms with Crippen LogP contribution in [0.25, 0.3) is 0 Å². The first-order valence-corrected chi connectivity index (χ1v) is 12.4. The number of carbonyl (C=O) groups excluding carboxylic acids is 2. The molecule has 2 atom stereocenters. The minimum atomic E-state index is -3.15. The quantitative estimate of drug-likeness (QED) is 0.746. The lowest BCUT2D eigenvalue weighted by atomic mass is 9.93. The van der Waals surface area contributed by atoms with Crippen molar-refractivity contribution in [2.24, 2.45) is 11.0 Å². The van der Waals surface area contributed by atoms with E-state index in [-0.39, 0.29) is 53.8 Å². The van der Waals surface area contributed by atoms with Gasteiger partial charge in [-0.1, -0.05) is 52.0 Å². The number of amides is 2. The number of hydrazone groups is 1. The molecule has 30 heavy (non-hydrogen) atoms. The maximum absolute atomic E-state index is 13.0. The third-order valence-corrected chi connectivity index (χ3v) is 7.54. The van der Waals surface area contributed by atoms with Crippen LogP contribution >= 0.6 is 0 Å². The highest BCUT2D eigenvalue weighted by Gasteiger charge is 2.37. The van der Waals surface area contributed by atoms with Crippen molar-refractivity contribution in [3.63, 3.8) is 0 Å². The molecule has 1 fully saturated rings. The molecule has 7 nitrogen and oxygen atoms in total. The van der Waals surface area contributed by atoms with Crippen LogP contribution in [-0.2, 0) is 19.4 Å². The van der Waals surface area contributed by atoms with Gasteiger partial charge in [0.2, 0.25) is 5.91 Å². The lowest BCUT2D eigenvalue weighted by Crippen LogP contribution is -2.45. The van der Waals surface area contributed by atoms with Gasteiger partial charge in [-0.05, 0) is 29.4 Å². The molecule has 1 aromatic carbocycles. The molecule has 1 aromatic rings. The van der Waals surface area contributed by atoms with E-state index in [0.717, 1.165) is 5.56 Å². The average Bonchev–Trinajstić information content (AvgIpc) is 3.05. The van der Waals surface area contributed by atoms with E-state index in [0.29, 0.717) is 12.3 Å². The number of carbonyl (C=O) groups is 2. The Balaban J connectivity index is 1.76. The molecule has 1 saturated heterocycles. The molecule has 2 amide bonds. The SMILES string of the molecule is CC(C)c1ccc(C(NC(=O)C2=NN(C3CCS(=O)(=O)C3)C(=O)CC2)C(C)C)cc1. The highest BCUT2D eigenvalue weighted by Crippen LogP contribution is 2.25. The van der Waals surface area contributed by atoms with E-state index in [9.17, 15) is 18.0 Å². The van der Waals surface area contributed by atoms with Gasteiger partial charge < -0.3 is 5.32 Å². The fourth-order valence-electron chi connectivity index (χ4n) is 3.94. The Hall–Kier alpha value is -2.22. The van der Waals surface area contributed by atoms with Crippen LogP contribution in [0.5, 0.6) is 0 Å². The van der Waals surface area contributed by atoms with Gasteiger partial charge in [0, 0.05) is 12.8 Å². The highest BCUT2D eigenvalue weighted by atomic mass is 32.2. The van der Waals surface area contributed by atoms with Gasteiger partial charge in [-0.25, -0.2) is 13.4 Å². The van der Waals surface area contributed by atoms with Crippen molar-refractivity contribution in [1.29, 1.82) is 0 Å². The van der Waals surface area contributed by atoms with Gasteiger partial charge in [-0.3, -0.25) is 9.59 Å². The van der Waals surface area contributed by atoms with Gasteiger partial charge in [0.25, 0.3) is 5.91 Å². The van der Waals surface area contributed by atoms with Crippen LogP contribution in [0.15, 0.2) is 29.4 Å². The van der Waals surface area contributed by atoms with Crippen LogP contribution in [0.3, 0.4) is 0 Å². The topological polar surface area (TPSA) is 95.9 Å². The Morgan fingerprint density at radius 2 is 1.73 bits per heavy atom. The first-order chi connectivity index (χ1) is 14.1. The summed E-state index contributed by atoms with van der Waals surface area (Å²) in [7, 11) is -3.15. The summed E-state index contributed by atoms with van der Waals surface area (Å²) in [4.78, 5) is 25.2. The molecule has 3 rings (SSSR count). The summed E-state index contributed by atoms with van der Waals surface area (Å²) in [5, 5.41) is 8.57. The number of sulfone groups is 1. The molecule has 0 spiro atoms. The van der Waals surface area contributed by atoms with Gasteiger partial charge in [0.1, 0.15) is 5.71 Å². The van der Waals surface area contributed by atoms with Gasteiger partial charge in [0.15, 0.2) is 9.84 Å². The Morgan fingerprint density at radius 1 is 1.10 bits per heavy atom. The molecule has 2 aliphatic rings. The highest BCUT2D eigenvalue weighted by molar-refractivity contribution is 7.91. The van der Waals surface area contributed by atoms with Crippen LogP contribution in [0.4, 0.5) is 0 Å². The van der Waals surface area contributed by atoms with Crippen LogP contribution in [0.2, 0.25) is 0 Å². The van der Waals surface area contributed by atoms with Gasteiger partial charge in [-0.15, -0.1) is 0 Å². The van der Waals surface area contributed by atoms with Gasteiger partial charge >= 0.3 is 0 Å². The molecule has 0 radical (unpaired) electrons. The van der Waals surface area contributed by atoms with E-state index in [2.05, 4.69) is 36.4 Å². The number of hydrogen-bond acceptors (Lipinski definition) is 5. The fraction of sp³-hybridized carbons (Fsp3) is 0.591. The Labute approximate surface area is 178 Å². The van der Waals surface area contributed by atoms with Gasteiger partial charge in [-0.2, -0.15) is 5.10 Å².